The number of nitrogens with one attached hydrogen (secondary N) is 2. The molecule has 0 fully saturated rings. The Morgan fingerprint density at radius 1 is 1.38 bits per heavy atom. The SMILES string of the molecule is COc1nccc(N(C)C)c1NC(=O)c1c[nH]ccc1=O. The van der Waals surface area contributed by atoms with Gasteiger partial charge in [-0.3, -0.25) is 9.59 Å². The molecule has 0 aromatic carbocycles. The summed E-state index contributed by atoms with van der Waals surface area (Å²) >= 11 is 0. The monoisotopic (exact) mass is 288 g/mol. The molecule has 2 aromatic heterocycles. The lowest BCUT2D eigenvalue weighted by molar-refractivity contribution is 0.102. The van der Waals surface area contributed by atoms with Gasteiger partial charge >= 0.3 is 0 Å². The van der Waals surface area contributed by atoms with Crippen molar-refractivity contribution in [3.8, 4) is 5.88 Å². The molecule has 110 valence electrons. The first-order valence-electron chi connectivity index (χ1n) is 6.23. The van der Waals surface area contributed by atoms with Gasteiger partial charge in [0.2, 0.25) is 5.88 Å². The zero-order valence-electron chi connectivity index (χ0n) is 12.0. The Labute approximate surface area is 121 Å². The van der Waals surface area contributed by atoms with Crippen molar-refractivity contribution in [3.05, 3.63) is 46.5 Å². The minimum Gasteiger partial charge on any atom is -0.479 e. The van der Waals surface area contributed by atoms with E-state index >= 15 is 0 Å². The van der Waals surface area contributed by atoms with E-state index in [1.807, 2.05) is 19.0 Å². The summed E-state index contributed by atoms with van der Waals surface area (Å²) in [5.74, 6) is -0.242. The second-order valence-corrected chi connectivity index (χ2v) is 4.49. The van der Waals surface area contributed by atoms with Crippen LogP contribution in [0.3, 0.4) is 0 Å². The lowest BCUT2D eigenvalue weighted by Crippen LogP contribution is -2.23. The van der Waals surface area contributed by atoms with Crippen LogP contribution in [-0.4, -0.2) is 37.1 Å². The fraction of sp³-hybridized carbons (Fsp3) is 0.214. The zero-order valence-corrected chi connectivity index (χ0v) is 12.0. The van der Waals surface area contributed by atoms with Gasteiger partial charge in [-0.2, -0.15) is 0 Å². The minimum absolute atomic E-state index is 0.0214. The van der Waals surface area contributed by atoms with Crippen LogP contribution in [-0.2, 0) is 0 Å². The molecule has 0 atom stereocenters. The summed E-state index contributed by atoms with van der Waals surface area (Å²) < 4.78 is 5.16. The van der Waals surface area contributed by atoms with Crippen molar-refractivity contribution in [1.29, 1.82) is 0 Å². The van der Waals surface area contributed by atoms with Crippen LogP contribution in [0.2, 0.25) is 0 Å². The molecule has 7 nitrogen and oxygen atoms in total. The average molecular weight is 288 g/mol. The maximum absolute atomic E-state index is 12.2. The first-order valence-corrected chi connectivity index (χ1v) is 6.23. The summed E-state index contributed by atoms with van der Waals surface area (Å²) in [6.45, 7) is 0. The molecule has 2 heterocycles. The standard InChI is InChI=1S/C14H16N4O3/c1-18(2)10-4-7-16-14(21-3)12(10)17-13(20)9-8-15-6-5-11(9)19/h4-8H,1-3H3,(H,15,19)(H,17,20). The first-order chi connectivity index (χ1) is 10.0. The molecule has 0 saturated carbocycles. The number of pyridine rings is 2. The lowest BCUT2D eigenvalue weighted by Gasteiger charge is -2.19. The molecule has 0 aliphatic rings. The number of aromatic amines is 1. The maximum Gasteiger partial charge on any atom is 0.261 e. The van der Waals surface area contributed by atoms with Crippen molar-refractivity contribution in [2.75, 3.05) is 31.4 Å². The smallest absolute Gasteiger partial charge is 0.261 e. The van der Waals surface area contributed by atoms with Crippen molar-refractivity contribution in [3.63, 3.8) is 0 Å². The summed E-state index contributed by atoms with van der Waals surface area (Å²) in [6.07, 6.45) is 4.41. The van der Waals surface area contributed by atoms with Crippen LogP contribution in [0, 0.1) is 0 Å². The van der Waals surface area contributed by atoms with Crippen molar-refractivity contribution in [2.24, 2.45) is 0 Å². The lowest BCUT2D eigenvalue weighted by atomic mass is 10.2. The highest BCUT2D eigenvalue weighted by Gasteiger charge is 2.17. The summed E-state index contributed by atoms with van der Waals surface area (Å²) in [6, 6.07) is 3.04. The molecule has 0 unspecified atom stereocenters. The van der Waals surface area contributed by atoms with Crippen LogP contribution in [0.1, 0.15) is 10.4 Å². The van der Waals surface area contributed by atoms with Gasteiger partial charge in [0.1, 0.15) is 11.3 Å². The van der Waals surface area contributed by atoms with Crippen LogP contribution in [0.25, 0.3) is 0 Å². The van der Waals surface area contributed by atoms with Gasteiger partial charge in [-0.25, -0.2) is 4.98 Å². The molecule has 0 aliphatic carbocycles. The Morgan fingerprint density at radius 3 is 2.76 bits per heavy atom. The van der Waals surface area contributed by atoms with E-state index in [9.17, 15) is 9.59 Å². The highest BCUT2D eigenvalue weighted by atomic mass is 16.5. The van der Waals surface area contributed by atoms with E-state index in [0.717, 1.165) is 5.69 Å². The van der Waals surface area contributed by atoms with Crippen molar-refractivity contribution in [1.82, 2.24) is 9.97 Å². The van der Waals surface area contributed by atoms with Crippen molar-refractivity contribution < 1.29 is 9.53 Å². The number of methoxy groups -OCH3 is 1. The zero-order chi connectivity index (χ0) is 15.4. The van der Waals surface area contributed by atoms with E-state index in [1.54, 1.807) is 12.3 Å². The highest BCUT2D eigenvalue weighted by molar-refractivity contribution is 6.06. The van der Waals surface area contributed by atoms with E-state index in [2.05, 4.69) is 15.3 Å². The number of hydrogen-bond acceptors (Lipinski definition) is 5. The molecule has 1 amide bonds. The molecule has 0 bridgehead atoms. The molecule has 2 aromatic rings. The summed E-state index contributed by atoms with van der Waals surface area (Å²) in [7, 11) is 5.13. The number of hydrogen-bond donors (Lipinski definition) is 2. The number of ether oxygens (including phenoxy) is 1. The predicted octanol–water partition coefficient (Wildman–Crippen LogP) is 1.10. The number of amides is 1. The van der Waals surface area contributed by atoms with Gasteiger partial charge in [0.05, 0.1) is 12.8 Å². The van der Waals surface area contributed by atoms with E-state index in [1.165, 1.54) is 25.6 Å². The summed E-state index contributed by atoms with van der Waals surface area (Å²) in [5.41, 5.74) is 0.800. The third-order valence-electron chi connectivity index (χ3n) is 2.88. The van der Waals surface area contributed by atoms with Gasteiger partial charge in [0.25, 0.3) is 5.91 Å². The Balaban J connectivity index is 2.41. The van der Waals surface area contributed by atoms with Gasteiger partial charge in [0, 0.05) is 38.8 Å². The van der Waals surface area contributed by atoms with Crippen LogP contribution in [0.5, 0.6) is 5.88 Å². The molecule has 7 heteroatoms. The molecule has 0 aliphatic heterocycles. The van der Waals surface area contributed by atoms with Gasteiger partial charge < -0.3 is 19.9 Å². The topological polar surface area (TPSA) is 87.3 Å². The third-order valence-corrected chi connectivity index (χ3v) is 2.88. The van der Waals surface area contributed by atoms with Gasteiger partial charge in [0.15, 0.2) is 5.43 Å². The molecule has 2 rings (SSSR count). The first kappa shape index (κ1) is 14.6. The molecule has 0 radical (unpaired) electrons. The predicted molar refractivity (Wildman–Crippen MR) is 80.1 cm³/mol. The number of anilines is 2. The van der Waals surface area contributed by atoms with E-state index in [4.69, 9.17) is 4.74 Å². The Bertz CT molecular complexity index is 709. The fourth-order valence-electron chi connectivity index (χ4n) is 1.85. The van der Waals surface area contributed by atoms with Crippen LogP contribution >= 0.6 is 0 Å². The number of nitrogens with zero attached hydrogens (tertiary/aromatic N) is 2. The third kappa shape index (κ3) is 3.02. The van der Waals surface area contributed by atoms with Gasteiger partial charge in [-0.15, -0.1) is 0 Å². The molecule has 0 spiro atoms. The number of H-pyrrole nitrogens is 1. The van der Waals surface area contributed by atoms with Gasteiger partial charge in [-0.1, -0.05) is 0 Å². The minimum atomic E-state index is -0.522. The van der Waals surface area contributed by atoms with Crippen LogP contribution in [0.15, 0.2) is 35.5 Å². The largest absolute Gasteiger partial charge is 0.479 e. The number of aromatic nitrogens is 2. The fourth-order valence-corrected chi connectivity index (χ4v) is 1.85. The molecule has 0 saturated heterocycles. The normalized spacial score (nSPS) is 10.0. The highest BCUT2D eigenvalue weighted by Crippen LogP contribution is 2.32. The van der Waals surface area contributed by atoms with Crippen LogP contribution < -0.4 is 20.4 Å². The van der Waals surface area contributed by atoms with E-state index in [-0.39, 0.29) is 16.9 Å². The molecule has 21 heavy (non-hydrogen) atoms. The Kier molecular flexibility index (Phi) is 4.22. The molecular formula is C14H16N4O3. The van der Waals surface area contributed by atoms with E-state index in [0.29, 0.717) is 5.69 Å². The Hall–Kier alpha value is -2.83. The Morgan fingerprint density at radius 2 is 2.14 bits per heavy atom. The number of rotatable bonds is 4. The second-order valence-electron chi connectivity index (χ2n) is 4.49. The van der Waals surface area contributed by atoms with E-state index < -0.39 is 5.91 Å². The number of carbonyl (C=O) groups excluding carboxylic acids is 1. The molecular weight excluding hydrogens is 272 g/mol. The maximum atomic E-state index is 12.2. The van der Waals surface area contributed by atoms with Gasteiger partial charge in [-0.05, 0) is 6.07 Å². The quantitative estimate of drug-likeness (QED) is 0.879. The second kappa shape index (κ2) is 6.08. The van der Waals surface area contributed by atoms with Crippen LogP contribution in [0.4, 0.5) is 11.4 Å². The number of carbonyl (C=O) groups is 1. The summed E-state index contributed by atoms with van der Waals surface area (Å²) in [5, 5.41) is 2.68. The summed E-state index contributed by atoms with van der Waals surface area (Å²) in [4.78, 5) is 32.5. The average Bonchev–Trinajstić information content (AvgIpc) is 2.47. The molecule has 2 N–H and O–H groups in total. The van der Waals surface area contributed by atoms with Crippen molar-refractivity contribution >= 4 is 17.3 Å². The van der Waals surface area contributed by atoms with Crippen molar-refractivity contribution in [2.45, 2.75) is 0 Å².